The minimum absolute atomic E-state index is 0. The normalized spacial score (nSPS) is 8.83. The molecule has 0 fully saturated rings. The van der Waals surface area contributed by atoms with Crippen molar-refractivity contribution in [1.29, 1.82) is 0 Å². The van der Waals surface area contributed by atoms with Gasteiger partial charge in [-0.2, -0.15) is 8.42 Å². The van der Waals surface area contributed by atoms with Crippen molar-refractivity contribution in [3.63, 3.8) is 0 Å². The molecule has 0 saturated carbocycles. The first-order chi connectivity index (χ1) is 4.34. The summed E-state index contributed by atoms with van der Waals surface area (Å²) in [5, 5.41) is -1.96. The van der Waals surface area contributed by atoms with Crippen LogP contribution in [0.5, 0.6) is 0 Å². The second-order valence-electron chi connectivity index (χ2n) is 1.32. The Bertz CT molecular complexity index is 264. The van der Waals surface area contributed by atoms with E-state index in [1.807, 2.05) is 0 Å². The van der Waals surface area contributed by atoms with Crippen LogP contribution in [-0.2, 0) is 19.6 Å². The molecule has 0 aliphatic heterocycles. The zero-order chi connectivity index (χ0) is 8.36. The standard InChI is InChI=1S/C3H4O6S.2Na.2H/c1-2(4)9-3(5)10(6,7)8;;;;/h1H3,(H,6,7,8);;;;/q;2*+1;2*-1. The molecule has 0 rings (SSSR count). The number of carbonyl (C=O) groups excluding carboxylic acids is 2. The fraction of sp³-hybridized carbons (Fsp3) is 0.333. The molecular weight excluding hydrogens is 210 g/mol. The second kappa shape index (κ2) is 7.45. The zero-order valence-electron chi connectivity index (χ0n) is 8.90. The molecule has 0 spiro atoms. The molecule has 0 radical (unpaired) electrons. The Morgan fingerprint density at radius 1 is 1.33 bits per heavy atom. The van der Waals surface area contributed by atoms with E-state index in [-0.39, 0.29) is 62.0 Å². The van der Waals surface area contributed by atoms with Crippen molar-refractivity contribution in [2.45, 2.75) is 6.92 Å². The molecule has 0 aromatic carbocycles. The number of carbonyl (C=O) groups is 2. The minimum atomic E-state index is -4.88. The van der Waals surface area contributed by atoms with Gasteiger partial charge in [0.25, 0.3) is 0 Å². The maximum absolute atomic E-state index is 9.99. The summed E-state index contributed by atoms with van der Waals surface area (Å²) in [5.74, 6) is -1.09. The number of ether oxygens (including phenoxy) is 1. The van der Waals surface area contributed by atoms with Crippen LogP contribution in [0.1, 0.15) is 9.78 Å². The van der Waals surface area contributed by atoms with Crippen LogP contribution in [0.25, 0.3) is 0 Å². The van der Waals surface area contributed by atoms with E-state index in [0.29, 0.717) is 0 Å². The van der Waals surface area contributed by atoms with Crippen LogP contribution < -0.4 is 59.1 Å². The van der Waals surface area contributed by atoms with E-state index in [1.54, 1.807) is 0 Å². The van der Waals surface area contributed by atoms with Crippen LogP contribution in [-0.4, -0.2) is 24.2 Å². The fourth-order valence-corrected chi connectivity index (χ4v) is 0.393. The van der Waals surface area contributed by atoms with Gasteiger partial charge in [-0.15, -0.1) is 0 Å². The monoisotopic (exact) mass is 216 g/mol. The van der Waals surface area contributed by atoms with Crippen LogP contribution >= 0.6 is 0 Å². The predicted molar refractivity (Wildman–Crippen MR) is 30.9 cm³/mol. The van der Waals surface area contributed by atoms with E-state index in [4.69, 9.17) is 4.55 Å². The number of rotatable bonds is 0. The molecule has 0 amide bonds. The van der Waals surface area contributed by atoms with Gasteiger partial charge in [-0.1, -0.05) is 0 Å². The molecule has 0 aliphatic carbocycles. The van der Waals surface area contributed by atoms with Crippen molar-refractivity contribution in [3.8, 4) is 0 Å². The first-order valence-electron chi connectivity index (χ1n) is 2.04. The quantitative estimate of drug-likeness (QED) is 0.187. The third kappa shape index (κ3) is 9.14. The van der Waals surface area contributed by atoms with E-state index in [2.05, 4.69) is 4.74 Å². The van der Waals surface area contributed by atoms with Gasteiger partial charge >= 0.3 is 80.5 Å². The summed E-state index contributed by atoms with van der Waals surface area (Å²) in [4.78, 5) is 19.9. The van der Waals surface area contributed by atoms with Crippen molar-refractivity contribution in [2.24, 2.45) is 0 Å². The number of esters is 1. The average Bonchev–Trinajstić information content (AvgIpc) is 1.60. The second-order valence-corrected chi connectivity index (χ2v) is 2.60. The third-order valence-corrected chi connectivity index (χ3v) is 0.942. The molecular formula is C3H6Na2O6S. The first kappa shape index (κ1) is 18.8. The van der Waals surface area contributed by atoms with Crippen molar-refractivity contribution in [1.82, 2.24) is 0 Å². The topological polar surface area (TPSA) is 97.7 Å². The maximum Gasteiger partial charge on any atom is 1.00 e. The van der Waals surface area contributed by atoms with Gasteiger partial charge in [-0.05, 0) is 0 Å². The summed E-state index contributed by atoms with van der Waals surface area (Å²) in [6.45, 7) is 0.836. The largest absolute Gasteiger partial charge is 1.00 e. The van der Waals surface area contributed by atoms with Gasteiger partial charge in [0, 0.05) is 6.92 Å². The minimum Gasteiger partial charge on any atom is -1.00 e. The van der Waals surface area contributed by atoms with E-state index in [1.165, 1.54) is 0 Å². The molecule has 1 N–H and O–H groups in total. The maximum atomic E-state index is 9.99. The Morgan fingerprint density at radius 2 is 1.67 bits per heavy atom. The van der Waals surface area contributed by atoms with E-state index >= 15 is 0 Å². The molecule has 0 heterocycles. The Balaban J connectivity index is -0.0000000675. The summed E-state index contributed by atoms with van der Waals surface area (Å²) in [5.41, 5.74) is 0. The van der Waals surface area contributed by atoms with Gasteiger partial charge in [-0.3, -0.25) is 9.35 Å². The van der Waals surface area contributed by atoms with Crippen molar-refractivity contribution in [2.75, 3.05) is 0 Å². The average molecular weight is 216 g/mol. The van der Waals surface area contributed by atoms with Crippen LogP contribution in [0.4, 0.5) is 4.79 Å². The summed E-state index contributed by atoms with van der Waals surface area (Å²) < 4.78 is 31.0. The summed E-state index contributed by atoms with van der Waals surface area (Å²) >= 11 is 0. The third-order valence-electron chi connectivity index (χ3n) is 0.438. The molecule has 0 bridgehead atoms. The van der Waals surface area contributed by atoms with Crippen molar-refractivity contribution < 1.29 is 89.3 Å². The zero-order valence-corrected chi connectivity index (χ0v) is 11.7. The molecule has 0 atom stereocenters. The van der Waals surface area contributed by atoms with Crippen molar-refractivity contribution in [3.05, 3.63) is 0 Å². The fourth-order valence-electron chi connectivity index (χ4n) is 0.170. The summed E-state index contributed by atoms with van der Waals surface area (Å²) in [7, 11) is -4.88. The Labute approximate surface area is 116 Å². The molecule has 0 aromatic heterocycles. The molecule has 6 nitrogen and oxygen atoms in total. The van der Waals surface area contributed by atoms with Gasteiger partial charge in [-0.25, -0.2) is 4.79 Å². The van der Waals surface area contributed by atoms with Gasteiger partial charge in [0.05, 0.1) is 0 Å². The Hall–Kier alpha value is 1.05. The summed E-state index contributed by atoms with van der Waals surface area (Å²) in [6, 6.07) is 0. The molecule has 12 heavy (non-hydrogen) atoms. The van der Waals surface area contributed by atoms with Gasteiger partial charge < -0.3 is 7.59 Å². The molecule has 0 unspecified atom stereocenters. The first-order valence-corrected chi connectivity index (χ1v) is 3.48. The van der Waals surface area contributed by atoms with Crippen molar-refractivity contribution >= 4 is 21.4 Å². The predicted octanol–water partition coefficient (Wildman–Crippen LogP) is -6.21. The molecule has 0 aliphatic rings. The van der Waals surface area contributed by atoms with Gasteiger partial charge in [0.15, 0.2) is 0 Å². The Kier molecular flexibility index (Phi) is 11.7. The van der Waals surface area contributed by atoms with Gasteiger partial charge in [0.2, 0.25) is 0 Å². The van der Waals surface area contributed by atoms with Crippen LogP contribution in [0.3, 0.4) is 0 Å². The van der Waals surface area contributed by atoms with E-state index < -0.39 is 21.4 Å². The molecule has 62 valence electrons. The van der Waals surface area contributed by atoms with Crippen LogP contribution in [0, 0.1) is 0 Å². The molecule has 0 aromatic rings. The number of hydrogen-bond donors (Lipinski definition) is 1. The molecule has 0 saturated heterocycles. The molecule has 9 heteroatoms. The SMILES string of the molecule is CC(=O)OC(=O)S(=O)(=O)O.[H-].[H-].[Na+].[Na+]. The van der Waals surface area contributed by atoms with Crippen LogP contribution in [0.15, 0.2) is 0 Å². The smallest absolute Gasteiger partial charge is 1.00 e. The number of hydrogen-bond acceptors (Lipinski definition) is 5. The van der Waals surface area contributed by atoms with E-state index in [9.17, 15) is 18.0 Å². The van der Waals surface area contributed by atoms with Gasteiger partial charge in [0.1, 0.15) is 0 Å². The van der Waals surface area contributed by atoms with Crippen LogP contribution in [0.2, 0.25) is 0 Å². The Morgan fingerprint density at radius 3 is 1.75 bits per heavy atom. The summed E-state index contributed by atoms with van der Waals surface area (Å²) in [6.07, 6.45) is 0. The van der Waals surface area contributed by atoms with E-state index in [0.717, 1.165) is 6.92 Å².